The van der Waals surface area contributed by atoms with Crippen molar-refractivity contribution in [2.24, 2.45) is 5.10 Å². The maximum Gasteiger partial charge on any atom is 0.276 e. The van der Waals surface area contributed by atoms with E-state index in [1.54, 1.807) is 16.8 Å². The minimum Gasteiger partial charge on any atom is -0.239 e. The second-order valence-electron chi connectivity index (χ2n) is 4.98. The van der Waals surface area contributed by atoms with Crippen molar-refractivity contribution in [2.75, 3.05) is 0 Å². The number of hydrogen-bond donors (Lipinski definition) is 1. The fraction of sp³-hybridized carbons (Fsp3) is 0.133. The molecule has 0 amide bonds. The highest BCUT2D eigenvalue weighted by Gasteiger charge is 2.11. The molecular formula is C15H15N5O2S. The maximum atomic E-state index is 12.1. The van der Waals surface area contributed by atoms with Crippen LogP contribution in [-0.2, 0) is 16.6 Å². The molecule has 7 nitrogen and oxygen atoms in total. The third-order valence-electron chi connectivity index (χ3n) is 3.27. The zero-order valence-corrected chi connectivity index (χ0v) is 13.2. The van der Waals surface area contributed by atoms with E-state index in [9.17, 15) is 8.42 Å². The average molecular weight is 329 g/mol. The van der Waals surface area contributed by atoms with Crippen molar-refractivity contribution >= 4 is 27.3 Å². The van der Waals surface area contributed by atoms with E-state index >= 15 is 0 Å². The smallest absolute Gasteiger partial charge is 0.239 e. The Hall–Kier alpha value is -2.74. The van der Waals surface area contributed by atoms with E-state index in [1.807, 2.05) is 31.2 Å². The third kappa shape index (κ3) is 3.37. The largest absolute Gasteiger partial charge is 0.276 e. The summed E-state index contributed by atoms with van der Waals surface area (Å²) < 4.78 is 25.8. The number of aryl methyl sites for hydroxylation is 1. The van der Waals surface area contributed by atoms with Gasteiger partial charge in [0.2, 0.25) is 0 Å². The quantitative estimate of drug-likeness (QED) is 0.570. The van der Waals surface area contributed by atoms with Crippen LogP contribution in [0.25, 0.3) is 11.0 Å². The summed E-state index contributed by atoms with van der Waals surface area (Å²) in [5, 5.41) is 11.8. The molecule has 1 aromatic heterocycles. The lowest BCUT2D eigenvalue weighted by Crippen LogP contribution is -2.18. The minimum atomic E-state index is -3.65. The number of hydrazone groups is 1. The highest BCUT2D eigenvalue weighted by Crippen LogP contribution is 2.10. The Kier molecular flexibility index (Phi) is 4.07. The summed E-state index contributed by atoms with van der Waals surface area (Å²) in [6.45, 7) is 2.21. The van der Waals surface area contributed by atoms with Gasteiger partial charge in [0.05, 0.1) is 17.0 Å². The second-order valence-corrected chi connectivity index (χ2v) is 6.64. The molecule has 0 fully saturated rings. The van der Waals surface area contributed by atoms with Gasteiger partial charge in [-0.3, -0.25) is 0 Å². The molecule has 0 saturated carbocycles. The molecule has 118 valence electrons. The Bertz CT molecular complexity index is 945. The molecule has 0 aliphatic rings. The summed E-state index contributed by atoms with van der Waals surface area (Å²) >= 11 is 0. The summed E-state index contributed by atoms with van der Waals surface area (Å²) in [5.41, 5.74) is 2.63. The molecule has 0 unspecified atom stereocenters. The number of rotatable bonds is 5. The van der Waals surface area contributed by atoms with E-state index in [1.165, 1.54) is 18.3 Å². The van der Waals surface area contributed by atoms with Gasteiger partial charge in [-0.1, -0.05) is 35.0 Å². The van der Waals surface area contributed by atoms with Crippen molar-refractivity contribution in [3.8, 4) is 0 Å². The van der Waals surface area contributed by atoms with Crippen molar-refractivity contribution in [1.29, 1.82) is 0 Å². The lowest BCUT2D eigenvalue weighted by Gasteiger charge is -2.03. The zero-order valence-electron chi connectivity index (χ0n) is 12.4. The number of benzene rings is 2. The second kappa shape index (κ2) is 6.17. The number of fused-ring (bicyclic) bond motifs is 1. The van der Waals surface area contributed by atoms with E-state index in [4.69, 9.17) is 0 Å². The van der Waals surface area contributed by atoms with Gasteiger partial charge in [-0.2, -0.15) is 13.5 Å². The van der Waals surface area contributed by atoms with Gasteiger partial charge in [0.15, 0.2) is 0 Å². The lowest BCUT2D eigenvalue weighted by atomic mass is 10.2. The minimum absolute atomic E-state index is 0.173. The maximum absolute atomic E-state index is 12.1. The van der Waals surface area contributed by atoms with Crippen LogP contribution in [0.5, 0.6) is 0 Å². The molecule has 0 aliphatic carbocycles. The molecular weight excluding hydrogens is 314 g/mol. The Balaban J connectivity index is 1.68. The molecule has 1 heterocycles. The van der Waals surface area contributed by atoms with Crippen molar-refractivity contribution in [1.82, 2.24) is 19.8 Å². The van der Waals surface area contributed by atoms with E-state index in [0.717, 1.165) is 16.6 Å². The Labute approximate surface area is 133 Å². The first-order chi connectivity index (χ1) is 11.1. The van der Waals surface area contributed by atoms with Gasteiger partial charge < -0.3 is 0 Å². The van der Waals surface area contributed by atoms with E-state index in [2.05, 4.69) is 20.2 Å². The normalized spacial score (nSPS) is 12.0. The summed E-state index contributed by atoms with van der Waals surface area (Å²) in [6.07, 6.45) is 1.44. The molecule has 8 heteroatoms. The average Bonchev–Trinajstić information content (AvgIpc) is 2.95. The molecule has 0 atom stereocenters. The van der Waals surface area contributed by atoms with Crippen LogP contribution in [0.15, 0.2) is 58.5 Å². The molecule has 0 spiro atoms. The fourth-order valence-corrected chi connectivity index (χ4v) is 2.86. The number of sulfonamides is 1. The van der Waals surface area contributed by atoms with Gasteiger partial charge in [0.1, 0.15) is 5.52 Å². The van der Waals surface area contributed by atoms with Gasteiger partial charge in [0.25, 0.3) is 10.0 Å². The summed E-state index contributed by atoms with van der Waals surface area (Å²) in [7, 11) is -3.65. The molecule has 3 aromatic rings. The standard InChI is InChI=1S/C15H15N5O2S/c1-12-6-8-13(9-7-12)23(21,22)19-16-10-11-20-15-5-3-2-4-14(15)17-18-20/h2-10,19H,11H2,1H3. The molecule has 0 radical (unpaired) electrons. The number of nitrogens with one attached hydrogen (secondary N) is 1. The predicted octanol–water partition coefficient (Wildman–Crippen LogP) is 1.70. The summed E-state index contributed by atoms with van der Waals surface area (Å²) in [6, 6.07) is 14.1. The number of hydrogen-bond acceptors (Lipinski definition) is 5. The van der Waals surface area contributed by atoms with E-state index < -0.39 is 10.0 Å². The first-order valence-corrected chi connectivity index (χ1v) is 8.43. The molecule has 2 aromatic carbocycles. The van der Waals surface area contributed by atoms with Gasteiger partial charge in [-0.05, 0) is 31.2 Å². The molecule has 1 N–H and O–H groups in total. The zero-order chi connectivity index (χ0) is 16.3. The van der Waals surface area contributed by atoms with E-state index in [-0.39, 0.29) is 4.90 Å². The van der Waals surface area contributed by atoms with Crippen LogP contribution in [0.1, 0.15) is 5.56 Å². The highest BCUT2D eigenvalue weighted by atomic mass is 32.2. The monoisotopic (exact) mass is 329 g/mol. The van der Waals surface area contributed by atoms with Crippen LogP contribution < -0.4 is 4.83 Å². The van der Waals surface area contributed by atoms with Crippen LogP contribution >= 0.6 is 0 Å². The summed E-state index contributed by atoms with van der Waals surface area (Å²) in [5.74, 6) is 0. The first kappa shape index (κ1) is 15.2. The Morgan fingerprint density at radius 1 is 1.17 bits per heavy atom. The number of nitrogens with zero attached hydrogens (tertiary/aromatic N) is 4. The Morgan fingerprint density at radius 3 is 2.70 bits per heavy atom. The molecule has 0 aliphatic heterocycles. The van der Waals surface area contributed by atoms with Crippen LogP contribution in [0, 0.1) is 6.92 Å². The van der Waals surface area contributed by atoms with Crippen LogP contribution in [0.3, 0.4) is 0 Å². The van der Waals surface area contributed by atoms with Crippen LogP contribution in [0.4, 0.5) is 0 Å². The highest BCUT2D eigenvalue weighted by molar-refractivity contribution is 7.89. The first-order valence-electron chi connectivity index (χ1n) is 6.94. The lowest BCUT2D eigenvalue weighted by molar-refractivity contribution is 0.584. The SMILES string of the molecule is Cc1ccc(S(=O)(=O)NN=CCn2nnc3ccccc32)cc1. The van der Waals surface area contributed by atoms with E-state index in [0.29, 0.717) is 6.54 Å². The van der Waals surface area contributed by atoms with Crippen molar-refractivity contribution in [3.63, 3.8) is 0 Å². The van der Waals surface area contributed by atoms with Crippen LogP contribution in [-0.4, -0.2) is 29.6 Å². The van der Waals surface area contributed by atoms with Gasteiger partial charge >= 0.3 is 0 Å². The molecule has 3 rings (SSSR count). The Morgan fingerprint density at radius 2 is 1.91 bits per heavy atom. The number of aromatic nitrogens is 3. The molecule has 0 saturated heterocycles. The van der Waals surface area contributed by atoms with Crippen LogP contribution in [0.2, 0.25) is 0 Å². The van der Waals surface area contributed by atoms with Gasteiger partial charge in [-0.25, -0.2) is 9.51 Å². The number of para-hydroxylation sites is 1. The van der Waals surface area contributed by atoms with Gasteiger partial charge in [0, 0.05) is 6.21 Å². The predicted molar refractivity (Wildman–Crippen MR) is 87.5 cm³/mol. The molecule has 23 heavy (non-hydrogen) atoms. The van der Waals surface area contributed by atoms with Crippen molar-refractivity contribution < 1.29 is 8.42 Å². The topological polar surface area (TPSA) is 89.2 Å². The third-order valence-corrected chi connectivity index (χ3v) is 4.51. The van der Waals surface area contributed by atoms with Crippen molar-refractivity contribution in [3.05, 3.63) is 54.1 Å². The van der Waals surface area contributed by atoms with Crippen molar-refractivity contribution in [2.45, 2.75) is 18.4 Å². The fourth-order valence-electron chi connectivity index (χ4n) is 2.05. The summed E-state index contributed by atoms with van der Waals surface area (Å²) in [4.78, 5) is 2.36. The molecule has 0 bridgehead atoms. The van der Waals surface area contributed by atoms with Gasteiger partial charge in [-0.15, -0.1) is 5.10 Å².